The fourth-order valence-electron chi connectivity index (χ4n) is 2.94. The minimum absolute atomic E-state index is 0.303. The first-order valence-electron chi connectivity index (χ1n) is 9.02. The second kappa shape index (κ2) is 10.5. The molecule has 0 unspecified atom stereocenters. The monoisotopic (exact) mass is 343 g/mol. The smallest absolute Gasteiger partial charge is 0.337 e. The number of carbonyl (C=O) groups is 1. The number of carbonyl (C=O) groups excluding carboxylic acids is 1. The molecule has 0 bridgehead atoms. The first-order chi connectivity index (χ1) is 12.2. The molecule has 0 aromatic heterocycles. The molecule has 0 amide bonds. The van der Waals surface area contributed by atoms with Crippen molar-refractivity contribution in [2.45, 2.75) is 38.5 Å². The molecule has 1 aliphatic carbocycles. The van der Waals surface area contributed by atoms with Crippen molar-refractivity contribution in [3.05, 3.63) is 47.0 Å². The Bertz CT molecular complexity index is 606. The molecule has 136 valence electrons. The Kier molecular flexibility index (Phi) is 8.02. The average molecular weight is 343 g/mol. The molecule has 1 aromatic rings. The molecule has 0 spiro atoms. The van der Waals surface area contributed by atoms with Gasteiger partial charge in [-0.25, -0.2) is 4.79 Å². The van der Waals surface area contributed by atoms with E-state index in [4.69, 9.17) is 4.74 Å². The Morgan fingerprint density at radius 3 is 2.44 bits per heavy atom. The van der Waals surface area contributed by atoms with Crippen LogP contribution in [0.4, 0.5) is 0 Å². The normalized spacial score (nSPS) is 14.6. The van der Waals surface area contributed by atoms with E-state index in [0.29, 0.717) is 5.56 Å². The van der Waals surface area contributed by atoms with Gasteiger partial charge in [0.15, 0.2) is 5.96 Å². The van der Waals surface area contributed by atoms with E-state index in [2.05, 4.69) is 21.7 Å². The minimum Gasteiger partial charge on any atom is -0.465 e. The van der Waals surface area contributed by atoms with E-state index in [-0.39, 0.29) is 5.97 Å². The van der Waals surface area contributed by atoms with Crippen LogP contribution >= 0.6 is 0 Å². The summed E-state index contributed by atoms with van der Waals surface area (Å²) in [6.45, 7) is 1.71. The molecule has 1 aromatic carbocycles. The van der Waals surface area contributed by atoms with Crippen molar-refractivity contribution in [3.8, 4) is 0 Å². The van der Waals surface area contributed by atoms with Gasteiger partial charge in [0.25, 0.3) is 0 Å². The maximum atomic E-state index is 11.4. The number of aliphatic imine (C=N–C) groups is 1. The van der Waals surface area contributed by atoms with Gasteiger partial charge in [-0.15, -0.1) is 0 Å². The number of ether oxygens (including phenoxy) is 1. The first-order valence-corrected chi connectivity index (χ1v) is 9.02. The van der Waals surface area contributed by atoms with E-state index in [9.17, 15) is 4.79 Å². The Labute approximate surface area is 150 Å². The molecule has 0 radical (unpaired) electrons. The van der Waals surface area contributed by atoms with Crippen molar-refractivity contribution in [2.24, 2.45) is 4.99 Å². The second-order valence-electron chi connectivity index (χ2n) is 6.22. The van der Waals surface area contributed by atoms with Gasteiger partial charge in [0.1, 0.15) is 0 Å². The number of guanidine groups is 1. The standard InChI is InChI=1S/C20H29N3O2/c1-21-20(22-14-12-16-6-4-3-5-7-16)23-15-13-17-8-10-18(11-9-17)19(24)25-2/h6,8-11H,3-5,7,12-15H2,1-2H3,(H2,21,22,23). The molecule has 2 N–H and O–H groups in total. The molecule has 5 heteroatoms. The van der Waals surface area contributed by atoms with Crippen LogP contribution in [0.25, 0.3) is 0 Å². The van der Waals surface area contributed by atoms with Crippen LogP contribution in [0, 0.1) is 0 Å². The summed E-state index contributed by atoms with van der Waals surface area (Å²) in [5.74, 6) is 0.532. The summed E-state index contributed by atoms with van der Waals surface area (Å²) >= 11 is 0. The van der Waals surface area contributed by atoms with E-state index in [1.165, 1.54) is 38.4 Å². The fourth-order valence-corrected chi connectivity index (χ4v) is 2.94. The zero-order valence-corrected chi connectivity index (χ0v) is 15.3. The predicted octanol–water partition coefficient (Wildman–Crippen LogP) is 3.07. The number of nitrogens with one attached hydrogen (secondary N) is 2. The lowest BCUT2D eigenvalue weighted by atomic mass is 9.97. The van der Waals surface area contributed by atoms with Gasteiger partial charge < -0.3 is 15.4 Å². The number of nitrogens with zero attached hydrogens (tertiary/aromatic N) is 1. The van der Waals surface area contributed by atoms with Gasteiger partial charge in [-0.3, -0.25) is 4.99 Å². The van der Waals surface area contributed by atoms with Gasteiger partial charge in [-0.2, -0.15) is 0 Å². The van der Waals surface area contributed by atoms with Crippen molar-refractivity contribution < 1.29 is 9.53 Å². The number of benzene rings is 1. The first kappa shape index (κ1) is 19.0. The lowest BCUT2D eigenvalue weighted by molar-refractivity contribution is 0.0600. The van der Waals surface area contributed by atoms with Crippen molar-refractivity contribution in [1.82, 2.24) is 10.6 Å². The molecule has 1 aliphatic rings. The van der Waals surface area contributed by atoms with Crippen molar-refractivity contribution in [1.29, 1.82) is 0 Å². The Morgan fingerprint density at radius 2 is 1.84 bits per heavy atom. The van der Waals surface area contributed by atoms with E-state index in [0.717, 1.165) is 31.9 Å². The lowest BCUT2D eigenvalue weighted by Gasteiger charge is -2.15. The molecule has 0 atom stereocenters. The molecule has 0 aliphatic heterocycles. The zero-order valence-electron chi connectivity index (χ0n) is 15.3. The SMILES string of the molecule is CN=C(NCCC1=CCCCC1)NCCc1ccc(C(=O)OC)cc1. The minimum atomic E-state index is -0.303. The molecule has 2 rings (SSSR count). The van der Waals surface area contributed by atoms with Crippen LogP contribution in [0.2, 0.25) is 0 Å². The number of rotatable bonds is 7. The highest BCUT2D eigenvalue weighted by atomic mass is 16.5. The highest BCUT2D eigenvalue weighted by Gasteiger charge is 2.05. The molecular formula is C20H29N3O2. The summed E-state index contributed by atoms with van der Waals surface area (Å²) in [4.78, 5) is 15.7. The van der Waals surface area contributed by atoms with Crippen molar-refractivity contribution >= 4 is 11.9 Å². The van der Waals surface area contributed by atoms with E-state index in [1.807, 2.05) is 12.1 Å². The predicted molar refractivity (Wildman–Crippen MR) is 102 cm³/mol. The lowest BCUT2D eigenvalue weighted by Crippen LogP contribution is -2.38. The summed E-state index contributed by atoms with van der Waals surface area (Å²) < 4.78 is 4.71. The van der Waals surface area contributed by atoms with Gasteiger partial charge in [-0.05, 0) is 56.2 Å². The van der Waals surface area contributed by atoms with E-state index in [1.54, 1.807) is 24.8 Å². The van der Waals surface area contributed by atoms with Crippen LogP contribution in [-0.4, -0.2) is 39.2 Å². The van der Waals surface area contributed by atoms with Gasteiger partial charge in [0, 0.05) is 20.1 Å². The molecule has 0 saturated heterocycles. The quantitative estimate of drug-likeness (QED) is 0.346. The fraction of sp³-hybridized carbons (Fsp3) is 0.500. The Hall–Kier alpha value is -2.30. The number of allylic oxidation sites excluding steroid dienone is 1. The van der Waals surface area contributed by atoms with Gasteiger partial charge in [0.05, 0.1) is 12.7 Å². The average Bonchev–Trinajstić information content (AvgIpc) is 2.67. The van der Waals surface area contributed by atoms with Gasteiger partial charge in [0.2, 0.25) is 0 Å². The van der Waals surface area contributed by atoms with Crippen LogP contribution in [0.5, 0.6) is 0 Å². The van der Waals surface area contributed by atoms with Crippen LogP contribution in [0.1, 0.15) is 48.0 Å². The molecule has 0 fully saturated rings. The topological polar surface area (TPSA) is 62.7 Å². The summed E-state index contributed by atoms with van der Waals surface area (Å²) in [6, 6.07) is 7.51. The third-order valence-electron chi connectivity index (χ3n) is 4.43. The van der Waals surface area contributed by atoms with E-state index >= 15 is 0 Å². The summed E-state index contributed by atoms with van der Waals surface area (Å²) in [5, 5.41) is 6.70. The summed E-state index contributed by atoms with van der Waals surface area (Å²) in [6.07, 6.45) is 9.49. The molecular weight excluding hydrogens is 314 g/mol. The molecule has 0 heterocycles. The molecule has 25 heavy (non-hydrogen) atoms. The highest BCUT2D eigenvalue weighted by molar-refractivity contribution is 5.89. The maximum Gasteiger partial charge on any atom is 0.337 e. The third-order valence-corrected chi connectivity index (χ3v) is 4.43. The van der Waals surface area contributed by atoms with Gasteiger partial charge >= 0.3 is 5.97 Å². The number of methoxy groups -OCH3 is 1. The summed E-state index contributed by atoms with van der Waals surface area (Å²) in [7, 11) is 3.18. The van der Waals surface area contributed by atoms with Crippen LogP contribution < -0.4 is 10.6 Å². The number of hydrogen-bond donors (Lipinski definition) is 2. The van der Waals surface area contributed by atoms with Crippen LogP contribution in [0.15, 0.2) is 40.9 Å². The number of esters is 1. The van der Waals surface area contributed by atoms with Crippen LogP contribution in [0.3, 0.4) is 0 Å². The Morgan fingerprint density at radius 1 is 1.12 bits per heavy atom. The zero-order chi connectivity index (χ0) is 17.9. The highest BCUT2D eigenvalue weighted by Crippen LogP contribution is 2.19. The molecule has 0 saturated carbocycles. The van der Waals surface area contributed by atoms with Crippen molar-refractivity contribution in [3.63, 3.8) is 0 Å². The Balaban J connectivity index is 1.68. The van der Waals surface area contributed by atoms with Crippen molar-refractivity contribution in [2.75, 3.05) is 27.2 Å². The van der Waals surface area contributed by atoms with Crippen LogP contribution in [-0.2, 0) is 11.2 Å². The largest absolute Gasteiger partial charge is 0.465 e. The number of hydrogen-bond acceptors (Lipinski definition) is 3. The summed E-state index contributed by atoms with van der Waals surface area (Å²) in [5.41, 5.74) is 3.32. The third kappa shape index (κ3) is 6.61. The second-order valence-corrected chi connectivity index (χ2v) is 6.22. The van der Waals surface area contributed by atoms with E-state index < -0.39 is 0 Å². The van der Waals surface area contributed by atoms with Gasteiger partial charge in [-0.1, -0.05) is 23.8 Å². The molecule has 5 nitrogen and oxygen atoms in total. The maximum absolute atomic E-state index is 11.4.